The van der Waals surface area contributed by atoms with Crippen LogP contribution in [0.4, 0.5) is 5.95 Å². The van der Waals surface area contributed by atoms with Crippen LogP contribution in [0.25, 0.3) is 6.08 Å². The van der Waals surface area contributed by atoms with Crippen molar-refractivity contribution >= 4 is 17.9 Å². The van der Waals surface area contributed by atoms with Crippen LogP contribution in [0.5, 0.6) is 0 Å². The van der Waals surface area contributed by atoms with Gasteiger partial charge in [-0.3, -0.25) is 10.1 Å². The summed E-state index contributed by atoms with van der Waals surface area (Å²) >= 11 is 0. The van der Waals surface area contributed by atoms with Gasteiger partial charge in [-0.05, 0) is 23.6 Å². The van der Waals surface area contributed by atoms with Gasteiger partial charge in [-0.2, -0.15) is 0 Å². The second-order valence-corrected chi connectivity index (χ2v) is 3.86. The molecule has 0 saturated heterocycles. The summed E-state index contributed by atoms with van der Waals surface area (Å²) in [6.45, 7) is 2.11. The first kappa shape index (κ1) is 12.1. The lowest BCUT2D eigenvalue weighted by Gasteiger charge is -1.98. The molecule has 92 valence electrons. The van der Waals surface area contributed by atoms with Crippen molar-refractivity contribution in [1.82, 2.24) is 9.97 Å². The second kappa shape index (κ2) is 5.82. The number of hydrogen-bond acceptors (Lipinski definition) is 2. The minimum atomic E-state index is -0.204. The molecule has 2 N–H and O–H groups in total. The van der Waals surface area contributed by atoms with Gasteiger partial charge in [0.25, 0.3) is 5.91 Å². The summed E-state index contributed by atoms with van der Waals surface area (Å²) in [5.74, 6) is 0.246. The number of aromatic amines is 1. The molecule has 1 aromatic carbocycles. The summed E-state index contributed by atoms with van der Waals surface area (Å²) in [5.41, 5.74) is 2.29. The number of hydrogen-bond donors (Lipinski definition) is 2. The van der Waals surface area contributed by atoms with Crippen LogP contribution in [0.15, 0.2) is 42.7 Å². The number of carbonyl (C=O) groups excluding carboxylic acids is 1. The van der Waals surface area contributed by atoms with Gasteiger partial charge in [0.15, 0.2) is 0 Å². The van der Waals surface area contributed by atoms with Crippen molar-refractivity contribution < 1.29 is 4.79 Å². The molecule has 0 saturated carbocycles. The molecule has 2 aromatic rings. The number of aryl methyl sites for hydroxylation is 1. The van der Waals surface area contributed by atoms with E-state index in [2.05, 4.69) is 34.3 Å². The van der Waals surface area contributed by atoms with Crippen molar-refractivity contribution in [2.75, 3.05) is 5.32 Å². The van der Waals surface area contributed by atoms with Gasteiger partial charge in [-0.25, -0.2) is 4.98 Å². The summed E-state index contributed by atoms with van der Waals surface area (Å²) in [5, 5.41) is 2.62. The number of aromatic nitrogens is 2. The van der Waals surface area contributed by atoms with Gasteiger partial charge < -0.3 is 4.98 Å². The molecule has 0 spiro atoms. The summed E-state index contributed by atoms with van der Waals surface area (Å²) < 4.78 is 0. The van der Waals surface area contributed by atoms with Gasteiger partial charge in [0.05, 0.1) is 0 Å². The summed E-state index contributed by atoms with van der Waals surface area (Å²) in [6, 6.07) is 8.11. The van der Waals surface area contributed by atoms with Gasteiger partial charge in [-0.15, -0.1) is 0 Å². The maximum atomic E-state index is 11.5. The fourth-order valence-corrected chi connectivity index (χ4v) is 1.53. The predicted octanol–water partition coefficient (Wildman–Crippen LogP) is 2.62. The fraction of sp³-hybridized carbons (Fsp3) is 0.143. The van der Waals surface area contributed by atoms with Crippen LogP contribution in [0.2, 0.25) is 0 Å². The molecule has 0 bridgehead atoms. The molecule has 1 amide bonds. The quantitative estimate of drug-likeness (QED) is 0.808. The van der Waals surface area contributed by atoms with Gasteiger partial charge in [0.2, 0.25) is 5.95 Å². The predicted molar refractivity (Wildman–Crippen MR) is 72.1 cm³/mol. The van der Waals surface area contributed by atoms with Crippen molar-refractivity contribution in [1.29, 1.82) is 0 Å². The number of anilines is 1. The van der Waals surface area contributed by atoms with E-state index in [9.17, 15) is 4.79 Å². The Kier molecular flexibility index (Phi) is 3.91. The Bertz CT molecular complexity index is 527. The first-order chi connectivity index (χ1) is 8.78. The molecule has 0 unspecified atom stereocenters. The number of rotatable bonds is 4. The van der Waals surface area contributed by atoms with Crippen LogP contribution in [0, 0.1) is 0 Å². The lowest BCUT2D eigenvalue weighted by molar-refractivity contribution is -0.111. The van der Waals surface area contributed by atoms with Crippen LogP contribution in [0.1, 0.15) is 18.1 Å². The molecule has 1 heterocycles. The molecule has 0 aliphatic heterocycles. The third-order valence-electron chi connectivity index (χ3n) is 2.55. The summed E-state index contributed by atoms with van der Waals surface area (Å²) in [7, 11) is 0. The first-order valence-electron chi connectivity index (χ1n) is 5.85. The molecule has 0 aliphatic carbocycles. The van der Waals surface area contributed by atoms with Crippen LogP contribution in [-0.2, 0) is 11.2 Å². The Hall–Kier alpha value is -2.36. The molecular weight excluding hydrogens is 226 g/mol. The Labute approximate surface area is 106 Å². The summed E-state index contributed by atoms with van der Waals surface area (Å²) in [6.07, 6.45) is 7.52. The van der Waals surface area contributed by atoms with E-state index in [1.165, 1.54) is 11.6 Å². The van der Waals surface area contributed by atoms with E-state index in [4.69, 9.17) is 0 Å². The van der Waals surface area contributed by atoms with Crippen molar-refractivity contribution in [2.24, 2.45) is 0 Å². The monoisotopic (exact) mass is 241 g/mol. The number of imidazole rings is 1. The molecule has 4 nitrogen and oxygen atoms in total. The highest BCUT2D eigenvalue weighted by atomic mass is 16.1. The van der Waals surface area contributed by atoms with Crippen molar-refractivity contribution in [3.05, 3.63) is 53.9 Å². The third-order valence-corrected chi connectivity index (χ3v) is 2.55. The van der Waals surface area contributed by atoms with E-state index in [0.29, 0.717) is 5.95 Å². The molecule has 0 atom stereocenters. The lowest BCUT2D eigenvalue weighted by Crippen LogP contribution is -2.08. The zero-order valence-electron chi connectivity index (χ0n) is 10.2. The third kappa shape index (κ3) is 3.31. The van der Waals surface area contributed by atoms with E-state index in [1.807, 2.05) is 12.1 Å². The van der Waals surface area contributed by atoms with Crippen LogP contribution in [-0.4, -0.2) is 15.9 Å². The van der Waals surface area contributed by atoms with Crippen LogP contribution < -0.4 is 5.32 Å². The lowest BCUT2D eigenvalue weighted by atomic mass is 10.1. The number of nitrogens with one attached hydrogen (secondary N) is 2. The van der Waals surface area contributed by atoms with E-state index in [0.717, 1.165) is 12.0 Å². The molecule has 4 heteroatoms. The molecule has 0 radical (unpaired) electrons. The Morgan fingerprint density at radius 3 is 2.78 bits per heavy atom. The molecule has 2 rings (SSSR count). The highest BCUT2D eigenvalue weighted by Gasteiger charge is 1.98. The number of nitrogens with zero attached hydrogens (tertiary/aromatic N) is 1. The zero-order valence-corrected chi connectivity index (χ0v) is 10.2. The van der Waals surface area contributed by atoms with Crippen LogP contribution >= 0.6 is 0 Å². The molecule has 0 aliphatic rings. The van der Waals surface area contributed by atoms with Crippen LogP contribution in [0.3, 0.4) is 0 Å². The van der Waals surface area contributed by atoms with E-state index < -0.39 is 0 Å². The highest BCUT2D eigenvalue weighted by Crippen LogP contribution is 2.06. The van der Waals surface area contributed by atoms with E-state index >= 15 is 0 Å². The maximum Gasteiger partial charge on any atom is 0.250 e. The number of H-pyrrole nitrogens is 1. The fourth-order valence-electron chi connectivity index (χ4n) is 1.53. The molecule has 1 aromatic heterocycles. The normalized spacial score (nSPS) is 10.7. The maximum absolute atomic E-state index is 11.5. The molecule has 0 fully saturated rings. The number of amides is 1. The van der Waals surface area contributed by atoms with Gasteiger partial charge in [0.1, 0.15) is 0 Å². The smallest absolute Gasteiger partial charge is 0.250 e. The first-order valence-corrected chi connectivity index (χ1v) is 5.85. The molecule has 18 heavy (non-hydrogen) atoms. The Morgan fingerprint density at radius 1 is 1.39 bits per heavy atom. The topological polar surface area (TPSA) is 57.8 Å². The highest BCUT2D eigenvalue weighted by molar-refractivity contribution is 6.00. The van der Waals surface area contributed by atoms with Gasteiger partial charge in [0, 0.05) is 18.5 Å². The number of benzene rings is 1. The second-order valence-electron chi connectivity index (χ2n) is 3.86. The summed E-state index contributed by atoms with van der Waals surface area (Å²) in [4.78, 5) is 18.3. The average Bonchev–Trinajstić information content (AvgIpc) is 2.90. The van der Waals surface area contributed by atoms with E-state index in [1.54, 1.807) is 18.5 Å². The minimum absolute atomic E-state index is 0.204. The Balaban J connectivity index is 1.95. The number of carbonyl (C=O) groups is 1. The minimum Gasteiger partial charge on any atom is -0.331 e. The van der Waals surface area contributed by atoms with Crippen molar-refractivity contribution in [2.45, 2.75) is 13.3 Å². The van der Waals surface area contributed by atoms with Crippen molar-refractivity contribution in [3.63, 3.8) is 0 Å². The average molecular weight is 241 g/mol. The largest absolute Gasteiger partial charge is 0.331 e. The SMILES string of the molecule is CCc1ccc(C=CC(=O)Nc2ncc[nH]2)cc1. The van der Waals surface area contributed by atoms with E-state index in [-0.39, 0.29) is 5.91 Å². The standard InChI is InChI=1S/C14H15N3O/c1-2-11-3-5-12(6-4-11)7-8-13(18)17-14-15-9-10-16-14/h3-10H,2H2,1H3,(H2,15,16,17,18). The zero-order chi connectivity index (χ0) is 12.8. The molecular formula is C14H15N3O. The Morgan fingerprint density at radius 2 is 2.17 bits per heavy atom. The van der Waals surface area contributed by atoms with Gasteiger partial charge in [-0.1, -0.05) is 31.2 Å². The van der Waals surface area contributed by atoms with Crippen molar-refractivity contribution in [3.8, 4) is 0 Å². The van der Waals surface area contributed by atoms with Gasteiger partial charge >= 0.3 is 0 Å².